The van der Waals surface area contributed by atoms with E-state index < -0.39 is 4.70 Å². The van der Waals surface area contributed by atoms with Crippen molar-refractivity contribution in [1.82, 2.24) is 0 Å². The van der Waals surface area contributed by atoms with E-state index in [0.717, 1.165) is 22.0 Å². The summed E-state index contributed by atoms with van der Waals surface area (Å²) in [5.41, 5.74) is 3.18. The van der Waals surface area contributed by atoms with Crippen LogP contribution in [0.25, 0.3) is 0 Å². The lowest BCUT2D eigenvalue weighted by atomic mass is 10.0. The third kappa shape index (κ3) is 4.11. The highest BCUT2D eigenvalue weighted by molar-refractivity contribution is 9.10. The highest BCUT2D eigenvalue weighted by atomic mass is 79.9. The van der Waals surface area contributed by atoms with Crippen LogP contribution in [0.15, 0.2) is 40.9 Å². The van der Waals surface area contributed by atoms with Gasteiger partial charge in [0.1, 0.15) is 0 Å². The van der Waals surface area contributed by atoms with Gasteiger partial charge in [-0.25, -0.2) is 0 Å². The number of alkyl halides is 1. The fourth-order valence-corrected chi connectivity index (χ4v) is 3.37. The number of methoxy groups -OCH3 is 4. The molecule has 24 heavy (non-hydrogen) atoms. The van der Waals surface area contributed by atoms with Gasteiger partial charge in [0, 0.05) is 19.8 Å². The zero-order valence-electron chi connectivity index (χ0n) is 14.1. The van der Waals surface area contributed by atoms with Crippen LogP contribution in [-0.2, 0) is 20.6 Å². The smallest absolute Gasteiger partial charge is 0.253 e. The largest absolute Gasteiger partial charge is 0.493 e. The molecule has 0 aliphatic rings. The number of ether oxygens (including phenoxy) is 4. The average molecular weight is 460 g/mol. The van der Waals surface area contributed by atoms with Crippen LogP contribution in [0.2, 0.25) is 0 Å². The Morgan fingerprint density at radius 2 is 1.50 bits per heavy atom. The van der Waals surface area contributed by atoms with Gasteiger partial charge in [-0.2, -0.15) is 0 Å². The molecule has 2 rings (SSSR count). The van der Waals surface area contributed by atoms with Gasteiger partial charge < -0.3 is 18.9 Å². The molecule has 0 N–H and O–H groups in total. The molecule has 130 valence electrons. The van der Waals surface area contributed by atoms with Crippen molar-refractivity contribution in [1.29, 1.82) is 0 Å². The summed E-state index contributed by atoms with van der Waals surface area (Å²) in [6.07, 6.45) is 0.772. The summed E-state index contributed by atoms with van der Waals surface area (Å²) in [6.45, 7) is 0. The second-order valence-corrected chi connectivity index (χ2v) is 7.03. The van der Waals surface area contributed by atoms with Crippen LogP contribution >= 0.6 is 31.9 Å². The third-order valence-electron chi connectivity index (χ3n) is 3.73. The number of rotatable bonds is 7. The van der Waals surface area contributed by atoms with Crippen molar-refractivity contribution >= 4 is 31.9 Å². The van der Waals surface area contributed by atoms with Crippen LogP contribution < -0.4 is 9.47 Å². The molecule has 2 aromatic rings. The zero-order chi connectivity index (χ0) is 17.7. The minimum Gasteiger partial charge on any atom is -0.493 e. The Labute approximate surface area is 159 Å². The van der Waals surface area contributed by atoms with E-state index in [9.17, 15) is 0 Å². The summed E-state index contributed by atoms with van der Waals surface area (Å²) in [5, 5.41) is 0. The fraction of sp³-hybridized carbons (Fsp3) is 0.333. The normalized spacial score (nSPS) is 11.4. The van der Waals surface area contributed by atoms with Crippen molar-refractivity contribution in [2.24, 2.45) is 0 Å². The van der Waals surface area contributed by atoms with Crippen molar-refractivity contribution in [3.05, 3.63) is 57.6 Å². The maximum absolute atomic E-state index is 5.39. The monoisotopic (exact) mass is 458 g/mol. The molecular weight excluding hydrogens is 440 g/mol. The maximum atomic E-state index is 5.39. The first-order valence-electron chi connectivity index (χ1n) is 7.26. The van der Waals surface area contributed by atoms with Gasteiger partial charge in [-0.1, -0.05) is 24.3 Å². The fourth-order valence-electron chi connectivity index (χ4n) is 2.45. The molecule has 0 aromatic heterocycles. The Morgan fingerprint density at radius 3 is 2.00 bits per heavy atom. The number of hydrogen-bond acceptors (Lipinski definition) is 4. The topological polar surface area (TPSA) is 36.9 Å². The van der Waals surface area contributed by atoms with Gasteiger partial charge in [0.05, 0.1) is 18.7 Å². The number of benzene rings is 2. The van der Waals surface area contributed by atoms with E-state index in [1.165, 1.54) is 5.56 Å². The van der Waals surface area contributed by atoms with Gasteiger partial charge in [-0.15, -0.1) is 0 Å². The average Bonchev–Trinajstić information content (AvgIpc) is 2.61. The van der Waals surface area contributed by atoms with E-state index in [4.69, 9.17) is 18.9 Å². The molecular formula is C18H20Br2O4. The van der Waals surface area contributed by atoms with Gasteiger partial charge in [0.25, 0.3) is 4.70 Å². The molecule has 2 aromatic carbocycles. The molecule has 0 bridgehead atoms. The first-order valence-corrected chi connectivity index (χ1v) is 8.85. The van der Waals surface area contributed by atoms with Crippen LogP contribution in [0.3, 0.4) is 0 Å². The first-order chi connectivity index (χ1) is 11.5. The molecule has 0 aliphatic carbocycles. The van der Waals surface area contributed by atoms with E-state index in [0.29, 0.717) is 11.5 Å². The molecule has 0 saturated heterocycles. The standard InChI is InChI=1S/C18H20Br2O4/c1-21-16-11-13(10-15(19)17(16)22-2)9-12-5-7-14(8-6-12)18(20,23-3)24-4/h5-8,10-11H,9H2,1-4H3. The SMILES string of the molecule is COc1cc(Cc2ccc(C(Br)(OC)OC)cc2)cc(Br)c1OC. The van der Waals surface area contributed by atoms with Crippen molar-refractivity contribution in [2.75, 3.05) is 28.4 Å². The van der Waals surface area contributed by atoms with Crippen LogP contribution in [0, 0.1) is 0 Å². The molecule has 0 spiro atoms. The van der Waals surface area contributed by atoms with Crippen molar-refractivity contribution < 1.29 is 18.9 Å². The second kappa shape index (κ2) is 8.34. The highest BCUT2D eigenvalue weighted by Crippen LogP contribution is 2.37. The Kier molecular flexibility index (Phi) is 6.69. The van der Waals surface area contributed by atoms with Crippen LogP contribution in [0.1, 0.15) is 16.7 Å². The molecule has 0 atom stereocenters. The molecule has 0 heterocycles. The van der Waals surface area contributed by atoms with Crippen LogP contribution in [0.5, 0.6) is 11.5 Å². The van der Waals surface area contributed by atoms with Crippen LogP contribution in [-0.4, -0.2) is 28.4 Å². The Hall–Kier alpha value is -1.08. The zero-order valence-corrected chi connectivity index (χ0v) is 17.2. The minimum absolute atomic E-state index is 0.695. The lowest BCUT2D eigenvalue weighted by Crippen LogP contribution is -2.22. The van der Waals surface area contributed by atoms with Crippen molar-refractivity contribution in [2.45, 2.75) is 11.1 Å². The van der Waals surface area contributed by atoms with E-state index in [-0.39, 0.29) is 0 Å². The lowest BCUT2D eigenvalue weighted by Gasteiger charge is -2.24. The van der Waals surface area contributed by atoms with E-state index in [1.807, 2.05) is 36.4 Å². The van der Waals surface area contributed by atoms with E-state index >= 15 is 0 Å². The minimum atomic E-state index is -0.919. The Balaban J connectivity index is 2.25. The quantitative estimate of drug-likeness (QED) is 0.437. The maximum Gasteiger partial charge on any atom is 0.253 e. The van der Waals surface area contributed by atoms with E-state index in [2.05, 4.69) is 31.9 Å². The van der Waals surface area contributed by atoms with Crippen LogP contribution in [0.4, 0.5) is 0 Å². The molecule has 0 aliphatic heterocycles. The molecule has 0 saturated carbocycles. The molecule has 0 amide bonds. The predicted molar refractivity (Wildman–Crippen MR) is 101 cm³/mol. The Bertz CT molecular complexity index is 682. The van der Waals surface area contributed by atoms with Crippen molar-refractivity contribution in [3.63, 3.8) is 0 Å². The Morgan fingerprint density at radius 1 is 0.875 bits per heavy atom. The number of hydrogen-bond donors (Lipinski definition) is 0. The molecule has 0 fully saturated rings. The van der Waals surface area contributed by atoms with Gasteiger partial charge in [-0.05, 0) is 61.5 Å². The summed E-state index contributed by atoms with van der Waals surface area (Å²) < 4.78 is 21.4. The van der Waals surface area contributed by atoms with Gasteiger partial charge in [0.2, 0.25) is 0 Å². The van der Waals surface area contributed by atoms with Gasteiger partial charge in [0.15, 0.2) is 11.5 Å². The van der Waals surface area contributed by atoms with Crippen molar-refractivity contribution in [3.8, 4) is 11.5 Å². The van der Waals surface area contributed by atoms with Gasteiger partial charge in [-0.3, -0.25) is 0 Å². The van der Waals surface area contributed by atoms with Gasteiger partial charge >= 0.3 is 0 Å². The summed E-state index contributed by atoms with van der Waals surface area (Å²) in [6, 6.07) is 12.1. The third-order valence-corrected chi connectivity index (χ3v) is 5.42. The molecule has 0 radical (unpaired) electrons. The first kappa shape index (κ1) is 19.2. The lowest BCUT2D eigenvalue weighted by molar-refractivity contribution is -0.133. The highest BCUT2D eigenvalue weighted by Gasteiger charge is 2.27. The molecule has 6 heteroatoms. The summed E-state index contributed by atoms with van der Waals surface area (Å²) >= 11 is 6.97. The molecule has 4 nitrogen and oxygen atoms in total. The summed E-state index contributed by atoms with van der Waals surface area (Å²) in [5.74, 6) is 1.40. The summed E-state index contributed by atoms with van der Waals surface area (Å²) in [4.78, 5) is 0. The second-order valence-electron chi connectivity index (χ2n) is 5.13. The summed E-state index contributed by atoms with van der Waals surface area (Å²) in [7, 11) is 6.44. The van der Waals surface area contributed by atoms with E-state index in [1.54, 1.807) is 28.4 Å². The number of halogens is 2. The molecule has 0 unspecified atom stereocenters. The predicted octanol–water partition coefficient (Wildman–Crippen LogP) is 4.86.